The number of allylic oxidation sites excluding steroid dienone is 4. The van der Waals surface area contributed by atoms with Crippen molar-refractivity contribution in [3.63, 3.8) is 0 Å². The lowest BCUT2D eigenvalue weighted by atomic mass is 9.83. The average molecular weight is 320 g/mol. The van der Waals surface area contributed by atoms with Gasteiger partial charge in [0.25, 0.3) is 0 Å². The zero-order valence-electron chi connectivity index (χ0n) is 15.0. The standard InChI is InChI=1S/C22H24O2/c1-10(2)16-14-6-7-15(16)19-18(14)21(23)20(22(19)24)17-12(4)8-11(3)9-13(17)5/h6-9,14-15,18-20H,1-5H3. The van der Waals surface area contributed by atoms with Gasteiger partial charge in [-0.3, -0.25) is 9.59 Å². The van der Waals surface area contributed by atoms with Crippen molar-refractivity contribution in [3.8, 4) is 0 Å². The molecule has 2 saturated carbocycles. The molecule has 4 unspecified atom stereocenters. The molecular formula is C22H24O2. The second-order valence-corrected chi connectivity index (χ2v) is 7.99. The smallest absolute Gasteiger partial charge is 0.152 e. The summed E-state index contributed by atoms with van der Waals surface area (Å²) in [5.41, 5.74) is 6.87. The first-order chi connectivity index (χ1) is 11.3. The minimum atomic E-state index is -0.552. The Morgan fingerprint density at radius 2 is 1.29 bits per heavy atom. The number of carbonyl (C=O) groups is 2. The normalized spacial score (nSPS) is 33.5. The van der Waals surface area contributed by atoms with Gasteiger partial charge in [-0.05, 0) is 51.3 Å². The Morgan fingerprint density at radius 1 is 0.833 bits per heavy atom. The molecule has 0 radical (unpaired) electrons. The minimum absolute atomic E-state index is 0.137. The molecule has 4 atom stereocenters. The molecule has 3 aliphatic rings. The first-order valence-electron chi connectivity index (χ1n) is 8.83. The van der Waals surface area contributed by atoms with Crippen molar-refractivity contribution < 1.29 is 9.59 Å². The quantitative estimate of drug-likeness (QED) is 0.573. The molecule has 2 fully saturated rings. The van der Waals surface area contributed by atoms with Crippen molar-refractivity contribution in [2.75, 3.05) is 0 Å². The molecule has 0 heterocycles. The van der Waals surface area contributed by atoms with Crippen LogP contribution in [0.2, 0.25) is 0 Å². The van der Waals surface area contributed by atoms with Crippen molar-refractivity contribution in [1.29, 1.82) is 0 Å². The molecule has 3 aliphatic carbocycles. The fourth-order valence-corrected chi connectivity index (χ4v) is 5.57. The van der Waals surface area contributed by atoms with E-state index in [1.165, 1.54) is 16.7 Å². The van der Waals surface area contributed by atoms with Crippen LogP contribution >= 0.6 is 0 Å². The summed E-state index contributed by atoms with van der Waals surface area (Å²) in [5, 5.41) is 0. The second kappa shape index (κ2) is 5.02. The van der Waals surface area contributed by atoms with E-state index >= 15 is 0 Å². The summed E-state index contributed by atoms with van der Waals surface area (Å²) in [4.78, 5) is 26.5. The van der Waals surface area contributed by atoms with Crippen molar-refractivity contribution in [3.05, 3.63) is 57.7 Å². The molecule has 2 bridgehead atoms. The maximum Gasteiger partial charge on any atom is 0.152 e. The Kier molecular flexibility index (Phi) is 3.25. The van der Waals surface area contributed by atoms with Crippen LogP contribution in [-0.2, 0) is 9.59 Å². The lowest BCUT2D eigenvalue weighted by Crippen LogP contribution is -2.21. The first kappa shape index (κ1) is 15.6. The van der Waals surface area contributed by atoms with E-state index in [1.807, 2.05) is 13.8 Å². The fourth-order valence-electron chi connectivity index (χ4n) is 5.57. The largest absolute Gasteiger partial charge is 0.298 e. The molecule has 0 spiro atoms. The van der Waals surface area contributed by atoms with Crippen LogP contribution in [-0.4, -0.2) is 11.6 Å². The topological polar surface area (TPSA) is 34.1 Å². The molecule has 0 aromatic heterocycles. The zero-order chi connectivity index (χ0) is 17.3. The highest BCUT2D eigenvalue weighted by molar-refractivity contribution is 6.17. The molecule has 1 aromatic carbocycles. The maximum atomic E-state index is 13.3. The number of fused-ring (bicyclic) bond motifs is 5. The molecule has 2 nitrogen and oxygen atoms in total. The van der Waals surface area contributed by atoms with Gasteiger partial charge in [-0.2, -0.15) is 0 Å². The van der Waals surface area contributed by atoms with Crippen LogP contribution in [0.5, 0.6) is 0 Å². The second-order valence-electron chi connectivity index (χ2n) is 7.99. The van der Waals surface area contributed by atoms with Crippen molar-refractivity contribution in [2.24, 2.45) is 23.7 Å². The van der Waals surface area contributed by atoms with E-state index in [2.05, 4.69) is 45.1 Å². The Hall–Kier alpha value is -1.96. The number of hydrogen-bond acceptors (Lipinski definition) is 2. The lowest BCUT2D eigenvalue weighted by Gasteiger charge is -2.19. The fraction of sp³-hybridized carbons (Fsp3) is 0.455. The Morgan fingerprint density at radius 3 is 1.71 bits per heavy atom. The Balaban J connectivity index is 1.82. The number of aryl methyl sites for hydroxylation is 3. The Bertz CT molecular complexity index is 779. The molecule has 24 heavy (non-hydrogen) atoms. The van der Waals surface area contributed by atoms with Gasteiger partial charge in [0, 0.05) is 23.7 Å². The molecule has 1 aromatic rings. The van der Waals surface area contributed by atoms with Gasteiger partial charge in [-0.1, -0.05) is 41.0 Å². The van der Waals surface area contributed by atoms with Gasteiger partial charge in [0.15, 0.2) is 11.6 Å². The zero-order valence-corrected chi connectivity index (χ0v) is 15.0. The highest BCUT2D eigenvalue weighted by atomic mass is 16.2. The van der Waals surface area contributed by atoms with Crippen molar-refractivity contribution in [1.82, 2.24) is 0 Å². The SMILES string of the molecule is CC(C)=C1C2C=CC1C1C(=O)C(c3c(C)cc(C)cc3C)C(=O)C21. The van der Waals surface area contributed by atoms with Crippen LogP contribution in [0.25, 0.3) is 0 Å². The van der Waals surface area contributed by atoms with Crippen LogP contribution in [0.1, 0.15) is 42.0 Å². The van der Waals surface area contributed by atoms with Gasteiger partial charge >= 0.3 is 0 Å². The lowest BCUT2D eigenvalue weighted by molar-refractivity contribution is -0.125. The molecular weight excluding hydrogens is 296 g/mol. The summed E-state index contributed by atoms with van der Waals surface area (Å²) in [6.45, 7) is 10.3. The number of carbonyl (C=O) groups excluding carboxylic acids is 2. The van der Waals surface area contributed by atoms with E-state index in [1.54, 1.807) is 0 Å². The summed E-state index contributed by atoms with van der Waals surface area (Å²) >= 11 is 0. The van der Waals surface area contributed by atoms with Crippen LogP contribution in [0, 0.1) is 44.4 Å². The van der Waals surface area contributed by atoms with E-state index in [0.717, 1.165) is 16.7 Å². The number of rotatable bonds is 1. The van der Waals surface area contributed by atoms with Gasteiger partial charge in [-0.15, -0.1) is 0 Å². The predicted molar refractivity (Wildman–Crippen MR) is 94.9 cm³/mol. The molecule has 2 heteroatoms. The summed E-state index contributed by atoms with van der Waals surface area (Å²) in [7, 11) is 0. The van der Waals surface area contributed by atoms with Gasteiger partial charge in [0.05, 0.1) is 0 Å². The van der Waals surface area contributed by atoms with Crippen LogP contribution in [0.15, 0.2) is 35.4 Å². The van der Waals surface area contributed by atoms with Gasteiger partial charge in [0.1, 0.15) is 5.92 Å². The Labute approximate surface area is 143 Å². The van der Waals surface area contributed by atoms with Crippen molar-refractivity contribution in [2.45, 2.75) is 40.5 Å². The van der Waals surface area contributed by atoms with Crippen LogP contribution in [0.3, 0.4) is 0 Å². The molecule has 0 saturated heterocycles. The number of hydrogen-bond donors (Lipinski definition) is 0. The number of Topliss-reactive ketones (excluding diaryl/α,β-unsaturated/α-hetero) is 2. The third-order valence-corrected chi connectivity index (χ3v) is 6.23. The summed E-state index contributed by atoms with van der Waals surface area (Å²) in [5.74, 6) is -0.226. The maximum absolute atomic E-state index is 13.3. The molecule has 0 amide bonds. The summed E-state index contributed by atoms with van der Waals surface area (Å²) in [6.07, 6.45) is 4.33. The first-order valence-corrected chi connectivity index (χ1v) is 8.83. The third kappa shape index (κ3) is 1.83. The van der Waals surface area contributed by atoms with E-state index < -0.39 is 5.92 Å². The van der Waals surface area contributed by atoms with Gasteiger partial charge in [-0.25, -0.2) is 0 Å². The number of ketones is 2. The van der Waals surface area contributed by atoms with E-state index in [9.17, 15) is 9.59 Å². The molecule has 124 valence electrons. The summed E-state index contributed by atoms with van der Waals surface area (Å²) < 4.78 is 0. The van der Waals surface area contributed by atoms with Gasteiger partial charge < -0.3 is 0 Å². The molecule has 0 aliphatic heterocycles. The third-order valence-electron chi connectivity index (χ3n) is 6.23. The summed E-state index contributed by atoms with van der Waals surface area (Å²) in [6, 6.07) is 4.18. The molecule has 0 N–H and O–H groups in total. The molecule has 4 rings (SSSR count). The van der Waals surface area contributed by atoms with E-state index in [-0.39, 0.29) is 35.2 Å². The highest BCUT2D eigenvalue weighted by Crippen LogP contribution is 2.59. The monoisotopic (exact) mass is 320 g/mol. The predicted octanol–water partition coefficient (Wildman–Crippen LogP) is 4.23. The van der Waals surface area contributed by atoms with Gasteiger partial charge in [0.2, 0.25) is 0 Å². The number of benzene rings is 1. The van der Waals surface area contributed by atoms with Crippen LogP contribution in [0.4, 0.5) is 0 Å². The van der Waals surface area contributed by atoms with Crippen molar-refractivity contribution >= 4 is 11.6 Å². The van der Waals surface area contributed by atoms with E-state index in [4.69, 9.17) is 0 Å². The van der Waals surface area contributed by atoms with E-state index in [0.29, 0.717) is 0 Å². The highest BCUT2D eigenvalue weighted by Gasteiger charge is 2.62. The average Bonchev–Trinajstić information content (AvgIpc) is 3.11. The van der Waals surface area contributed by atoms with Crippen LogP contribution < -0.4 is 0 Å². The minimum Gasteiger partial charge on any atom is -0.298 e.